The molecule has 1 fully saturated rings. The van der Waals surface area contributed by atoms with Crippen LogP contribution >= 0.6 is 0 Å². The lowest BCUT2D eigenvalue weighted by Gasteiger charge is -2.29. The Morgan fingerprint density at radius 1 is 1.17 bits per heavy atom. The number of nitrogens with one attached hydrogen (secondary N) is 1. The van der Waals surface area contributed by atoms with Gasteiger partial charge in [0.25, 0.3) is 0 Å². The number of hydrogen-bond acceptors (Lipinski definition) is 6. The zero-order chi connectivity index (χ0) is 16.4. The summed E-state index contributed by atoms with van der Waals surface area (Å²) in [4.78, 5) is 13.6. The van der Waals surface area contributed by atoms with E-state index < -0.39 is 0 Å². The number of rotatable bonds is 3. The quantitative estimate of drug-likeness (QED) is 0.902. The molecule has 6 nitrogen and oxygen atoms in total. The van der Waals surface area contributed by atoms with E-state index >= 15 is 0 Å². The molecule has 6 heteroatoms. The molecule has 0 saturated heterocycles. The summed E-state index contributed by atoms with van der Waals surface area (Å²) in [7, 11) is 0. The molecule has 3 heterocycles. The number of hydrogen-bond donors (Lipinski definition) is 2. The van der Waals surface area contributed by atoms with E-state index in [9.17, 15) is 0 Å². The second kappa shape index (κ2) is 6.83. The number of aromatic nitrogens is 3. The second-order valence-corrected chi connectivity index (χ2v) is 6.57. The van der Waals surface area contributed by atoms with Gasteiger partial charge in [-0.05, 0) is 24.8 Å². The van der Waals surface area contributed by atoms with Crippen molar-refractivity contribution in [3.05, 3.63) is 30.2 Å². The molecule has 0 spiro atoms. The zero-order valence-electron chi connectivity index (χ0n) is 13.7. The summed E-state index contributed by atoms with van der Waals surface area (Å²) in [6.45, 7) is 1.40. The highest BCUT2D eigenvalue weighted by atomic mass is 16.5. The summed E-state index contributed by atoms with van der Waals surface area (Å²) in [5.74, 6) is 0.657. The summed E-state index contributed by atoms with van der Waals surface area (Å²) >= 11 is 0. The van der Waals surface area contributed by atoms with Crippen molar-refractivity contribution in [2.45, 2.75) is 44.2 Å². The molecule has 24 heavy (non-hydrogen) atoms. The predicted molar refractivity (Wildman–Crippen MR) is 94.6 cm³/mol. The maximum atomic E-state index is 6.24. The number of anilines is 1. The maximum absolute atomic E-state index is 6.24. The third-order valence-corrected chi connectivity index (χ3v) is 4.93. The lowest BCUT2D eigenvalue weighted by atomic mass is 9.91. The lowest BCUT2D eigenvalue weighted by Crippen LogP contribution is -2.42. The summed E-state index contributed by atoms with van der Waals surface area (Å²) < 4.78 is 5.41. The van der Waals surface area contributed by atoms with E-state index in [1.807, 2.05) is 18.6 Å². The van der Waals surface area contributed by atoms with Gasteiger partial charge in [-0.2, -0.15) is 0 Å². The van der Waals surface area contributed by atoms with Crippen LogP contribution in [0.2, 0.25) is 0 Å². The first-order valence-electron chi connectivity index (χ1n) is 8.71. The summed E-state index contributed by atoms with van der Waals surface area (Å²) in [5, 5.41) is 4.40. The number of nitrogens with zero attached hydrogens (tertiary/aromatic N) is 3. The Hall–Kier alpha value is -2.05. The molecule has 0 unspecified atom stereocenters. The molecular weight excluding hydrogens is 302 g/mol. The minimum absolute atomic E-state index is 0.174. The van der Waals surface area contributed by atoms with Crippen LogP contribution in [0.3, 0.4) is 0 Å². The molecule has 2 aromatic rings. The Bertz CT molecular complexity index is 760. The predicted octanol–water partition coefficient (Wildman–Crippen LogP) is 2.51. The van der Waals surface area contributed by atoms with Gasteiger partial charge < -0.3 is 15.8 Å². The molecular formula is C18H23N5O. The molecule has 2 aromatic heterocycles. The van der Waals surface area contributed by atoms with Gasteiger partial charge in [0.05, 0.1) is 18.7 Å². The van der Waals surface area contributed by atoms with Gasteiger partial charge in [0.15, 0.2) is 0 Å². The first kappa shape index (κ1) is 15.5. The van der Waals surface area contributed by atoms with Gasteiger partial charge in [0, 0.05) is 41.6 Å². The molecule has 0 aromatic carbocycles. The fraction of sp³-hybridized carbons (Fsp3) is 0.500. The zero-order valence-corrected chi connectivity index (χ0v) is 13.7. The van der Waals surface area contributed by atoms with Crippen LogP contribution in [0.25, 0.3) is 16.5 Å². The van der Waals surface area contributed by atoms with E-state index in [0.717, 1.165) is 42.3 Å². The Balaban J connectivity index is 1.67. The normalized spacial score (nSPS) is 24.6. The molecule has 1 saturated carbocycles. The van der Waals surface area contributed by atoms with E-state index in [1.54, 1.807) is 0 Å². The molecule has 0 amide bonds. The molecule has 2 atom stereocenters. The number of pyridine rings is 1. The molecule has 4 rings (SSSR count). The Labute approximate surface area is 141 Å². The molecule has 0 radical (unpaired) electrons. The smallest absolute Gasteiger partial charge is 0.223 e. The van der Waals surface area contributed by atoms with Gasteiger partial charge >= 0.3 is 0 Å². The van der Waals surface area contributed by atoms with Crippen LogP contribution < -0.4 is 11.1 Å². The summed E-state index contributed by atoms with van der Waals surface area (Å²) in [5.41, 5.74) is 9.51. The number of nitrogens with two attached hydrogens (primary N) is 1. The van der Waals surface area contributed by atoms with E-state index in [0.29, 0.717) is 12.6 Å². The molecule has 126 valence electrons. The minimum atomic E-state index is 0.174. The molecule has 3 N–H and O–H groups in total. The van der Waals surface area contributed by atoms with Crippen molar-refractivity contribution in [2.24, 2.45) is 5.73 Å². The first-order chi connectivity index (χ1) is 11.8. The average molecular weight is 325 g/mol. The Kier molecular flexibility index (Phi) is 4.40. The second-order valence-electron chi connectivity index (χ2n) is 6.57. The highest BCUT2D eigenvalue weighted by Crippen LogP contribution is 2.27. The van der Waals surface area contributed by atoms with Gasteiger partial charge in [-0.3, -0.25) is 4.98 Å². The van der Waals surface area contributed by atoms with Crippen LogP contribution in [0, 0.1) is 0 Å². The van der Waals surface area contributed by atoms with Gasteiger partial charge in [0.1, 0.15) is 0 Å². The van der Waals surface area contributed by atoms with Gasteiger partial charge in [-0.15, -0.1) is 0 Å². The largest absolute Gasteiger partial charge is 0.377 e. The molecule has 0 bridgehead atoms. The first-order valence-corrected chi connectivity index (χ1v) is 8.71. The SMILES string of the molecule is N[C@@H]1CCCC[C@@H]1Nc1ncc2cncc(C3=CCOCC3)c2n1. The monoisotopic (exact) mass is 325 g/mol. The van der Waals surface area contributed by atoms with Crippen LogP contribution in [-0.2, 0) is 4.74 Å². The van der Waals surface area contributed by atoms with E-state index in [1.165, 1.54) is 18.4 Å². The van der Waals surface area contributed by atoms with E-state index in [2.05, 4.69) is 21.4 Å². The van der Waals surface area contributed by atoms with Crippen LogP contribution in [0.1, 0.15) is 37.7 Å². The minimum Gasteiger partial charge on any atom is -0.377 e. The van der Waals surface area contributed by atoms with Crippen LogP contribution in [0.15, 0.2) is 24.7 Å². The number of fused-ring (bicyclic) bond motifs is 1. The standard InChI is InChI=1S/C18H23N5O/c19-15-3-1-2-4-16(15)22-18-21-10-13-9-20-11-14(17(13)23-18)12-5-7-24-8-6-12/h5,9-11,15-16H,1-4,6-8,19H2,(H,21,22,23)/t15-,16+/m1/s1. The Morgan fingerprint density at radius 3 is 2.92 bits per heavy atom. The fourth-order valence-electron chi connectivity index (χ4n) is 3.54. The summed E-state index contributed by atoms with van der Waals surface area (Å²) in [6.07, 6.45) is 13.1. The topological polar surface area (TPSA) is 86.0 Å². The van der Waals surface area contributed by atoms with Crippen LogP contribution in [0.5, 0.6) is 0 Å². The van der Waals surface area contributed by atoms with Gasteiger partial charge in [0.2, 0.25) is 5.95 Å². The average Bonchev–Trinajstić information content (AvgIpc) is 2.64. The molecule has 1 aliphatic heterocycles. The van der Waals surface area contributed by atoms with Crippen LogP contribution in [-0.4, -0.2) is 40.2 Å². The Morgan fingerprint density at radius 2 is 2.08 bits per heavy atom. The van der Waals surface area contributed by atoms with E-state index in [-0.39, 0.29) is 12.1 Å². The van der Waals surface area contributed by atoms with Crippen molar-refractivity contribution in [1.29, 1.82) is 0 Å². The number of ether oxygens (including phenoxy) is 1. The summed E-state index contributed by atoms with van der Waals surface area (Å²) in [6, 6.07) is 0.428. The molecule has 1 aliphatic carbocycles. The third kappa shape index (κ3) is 3.12. The van der Waals surface area contributed by atoms with Crippen molar-refractivity contribution in [1.82, 2.24) is 15.0 Å². The third-order valence-electron chi connectivity index (χ3n) is 4.93. The molecule has 2 aliphatic rings. The van der Waals surface area contributed by atoms with E-state index in [4.69, 9.17) is 15.5 Å². The van der Waals surface area contributed by atoms with Crippen molar-refractivity contribution < 1.29 is 4.74 Å². The fourth-order valence-corrected chi connectivity index (χ4v) is 3.54. The van der Waals surface area contributed by atoms with Crippen molar-refractivity contribution in [3.63, 3.8) is 0 Å². The van der Waals surface area contributed by atoms with Crippen molar-refractivity contribution in [3.8, 4) is 0 Å². The van der Waals surface area contributed by atoms with Gasteiger partial charge in [-0.25, -0.2) is 9.97 Å². The van der Waals surface area contributed by atoms with Crippen LogP contribution in [0.4, 0.5) is 5.95 Å². The maximum Gasteiger partial charge on any atom is 0.223 e. The highest BCUT2D eigenvalue weighted by molar-refractivity contribution is 5.90. The van der Waals surface area contributed by atoms with Crippen molar-refractivity contribution in [2.75, 3.05) is 18.5 Å². The highest BCUT2D eigenvalue weighted by Gasteiger charge is 2.22. The van der Waals surface area contributed by atoms with Crippen molar-refractivity contribution >= 4 is 22.4 Å². The van der Waals surface area contributed by atoms with Gasteiger partial charge in [-0.1, -0.05) is 18.9 Å². The lowest BCUT2D eigenvalue weighted by molar-refractivity contribution is 0.161.